The maximum Gasteiger partial charge on any atom is 0.270 e. The molecule has 3 N–H and O–H groups in total. The molecule has 0 spiro atoms. The van der Waals surface area contributed by atoms with E-state index in [9.17, 15) is 4.79 Å². The largest absolute Gasteiger partial charge is 0.397 e. The van der Waals surface area contributed by atoms with Crippen LogP contribution in [0.1, 0.15) is 36.2 Å². The third kappa shape index (κ3) is 3.04. The Hall–Kier alpha value is -1.62. The summed E-state index contributed by atoms with van der Waals surface area (Å²) in [5, 5.41) is 3.07. The lowest BCUT2D eigenvalue weighted by atomic mass is 10.0. The van der Waals surface area contributed by atoms with E-state index in [0.29, 0.717) is 11.4 Å². The van der Waals surface area contributed by atoms with Gasteiger partial charge >= 0.3 is 0 Å². The van der Waals surface area contributed by atoms with Crippen LogP contribution in [0, 0.1) is 0 Å². The molecule has 102 valence electrons. The third-order valence-corrected chi connectivity index (χ3v) is 3.95. The first-order valence-electron chi connectivity index (χ1n) is 6.99. The van der Waals surface area contributed by atoms with Crippen molar-refractivity contribution in [2.24, 2.45) is 0 Å². The molecule has 19 heavy (non-hydrogen) atoms. The van der Waals surface area contributed by atoms with Gasteiger partial charge in [-0.15, -0.1) is 0 Å². The molecule has 2 heterocycles. The average Bonchev–Trinajstić information content (AvgIpc) is 3.25. The Morgan fingerprint density at radius 1 is 1.26 bits per heavy atom. The Labute approximate surface area is 113 Å². The number of nitrogens with one attached hydrogen (secondary N) is 1. The monoisotopic (exact) mass is 260 g/mol. The van der Waals surface area contributed by atoms with Crippen LogP contribution in [0.2, 0.25) is 0 Å². The van der Waals surface area contributed by atoms with Crippen molar-refractivity contribution in [3.63, 3.8) is 0 Å². The predicted octanol–water partition coefficient (Wildman–Crippen LogP) is 1.02. The molecule has 1 aromatic rings. The molecule has 3 rings (SSSR count). The van der Waals surface area contributed by atoms with Crippen LogP contribution in [0.25, 0.3) is 0 Å². The van der Waals surface area contributed by atoms with Crippen LogP contribution in [-0.4, -0.2) is 41.0 Å². The number of nitrogens with zero attached hydrogens (tertiary/aromatic N) is 2. The maximum absolute atomic E-state index is 12.0. The van der Waals surface area contributed by atoms with E-state index in [1.807, 2.05) is 0 Å². The number of hydrogen-bond donors (Lipinski definition) is 2. The topological polar surface area (TPSA) is 71.2 Å². The van der Waals surface area contributed by atoms with E-state index in [4.69, 9.17) is 5.73 Å². The van der Waals surface area contributed by atoms with E-state index >= 15 is 0 Å². The molecule has 0 aromatic carbocycles. The van der Waals surface area contributed by atoms with Crippen molar-refractivity contribution in [3.05, 3.63) is 24.0 Å². The molecule has 5 heteroatoms. The molecule has 1 saturated heterocycles. The first kappa shape index (κ1) is 12.4. The molecule has 1 amide bonds. The van der Waals surface area contributed by atoms with Gasteiger partial charge in [0.2, 0.25) is 0 Å². The Balaban J connectivity index is 1.51. The van der Waals surface area contributed by atoms with E-state index in [-0.39, 0.29) is 11.9 Å². The Bertz CT molecular complexity index is 447. The Morgan fingerprint density at radius 2 is 2.00 bits per heavy atom. The number of aromatic nitrogens is 1. The van der Waals surface area contributed by atoms with Gasteiger partial charge in [-0.2, -0.15) is 0 Å². The van der Waals surface area contributed by atoms with Gasteiger partial charge in [0.1, 0.15) is 5.69 Å². The normalized spacial score (nSPS) is 21.3. The minimum absolute atomic E-state index is 0.0927. The van der Waals surface area contributed by atoms with Crippen LogP contribution in [-0.2, 0) is 0 Å². The van der Waals surface area contributed by atoms with Gasteiger partial charge in [0.25, 0.3) is 5.91 Å². The second-order valence-corrected chi connectivity index (χ2v) is 5.49. The zero-order chi connectivity index (χ0) is 13.2. The highest BCUT2D eigenvalue weighted by Gasteiger charge is 2.32. The van der Waals surface area contributed by atoms with Crippen molar-refractivity contribution < 1.29 is 4.79 Å². The Kier molecular flexibility index (Phi) is 3.38. The van der Waals surface area contributed by atoms with Crippen molar-refractivity contribution in [1.82, 2.24) is 15.2 Å². The molecule has 0 radical (unpaired) electrons. The summed E-state index contributed by atoms with van der Waals surface area (Å²) in [5.41, 5.74) is 6.58. The van der Waals surface area contributed by atoms with E-state index < -0.39 is 0 Å². The first-order chi connectivity index (χ1) is 9.22. The predicted molar refractivity (Wildman–Crippen MR) is 73.7 cm³/mol. The van der Waals surface area contributed by atoms with Gasteiger partial charge in [-0.05, 0) is 37.8 Å². The molecule has 0 bridgehead atoms. The van der Waals surface area contributed by atoms with E-state index in [1.54, 1.807) is 12.1 Å². The minimum atomic E-state index is -0.0927. The number of pyridine rings is 1. The zero-order valence-corrected chi connectivity index (χ0v) is 11.0. The van der Waals surface area contributed by atoms with Crippen LogP contribution in [0.4, 0.5) is 5.69 Å². The van der Waals surface area contributed by atoms with Crippen molar-refractivity contribution in [2.45, 2.75) is 37.8 Å². The second kappa shape index (κ2) is 5.17. The van der Waals surface area contributed by atoms with Gasteiger partial charge in [0.15, 0.2) is 0 Å². The number of piperidine rings is 1. The molecular formula is C14H20N4O. The van der Waals surface area contributed by atoms with Gasteiger partial charge in [-0.3, -0.25) is 4.79 Å². The molecule has 1 saturated carbocycles. The smallest absolute Gasteiger partial charge is 0.270 e. The molecular weight excluding hydrogens is 240 g/mol. The molecule has 5 nitrogen and oxygen atoms in total. The minimum Gasteiger partial charge on any atom is -0.397 e. The number of carbonyl (C=O) groups is 1. The summed E-state index contributed by atoms with van der Waals surface area (Å²) in [4.78, 5) is 18.6. The molecule has 1 aliphatic carbocycles. The van der Waals surface area contributed by atoms with Crippen LogP contribution in [0.3, 0.4) is 0 Å². The summed E-state index contributed by atoms with van der Waals surface area (Å²) < 4.78 is 0. The van der Waals surface area contributed by atoms with E-state index in [0.717, 1.165) is 32.0 Å². The summed E-state index contributed by atoms with van der Waals surface area (Å²) in [6.07, 6.45) is 6.30. The van der Waals surface area contributed by atoms with E-state index in [2.05, 4.69) is 15.2 Å². The fraction of sp³-hybridized carbons (Fsp3) is 0.571. The number of rotatable bonds is 3. The summed E-state index contributed by atoms with van der Waals surface area (Å²) >= 11 is 0. The van der Waals surface area contributed by atoms with Crippen molar-refractivity contribution in [2.75, 3.05) is 18.8 Å². The quantitative estimate of drug-likeness (QED) is 0.851. The standard InChI is InChI=1S/C14H20N4O/c15-10-1-4-13(16-9-10)14(19)17-11-5-7-18(8-6-11)12-2-3-12/h1,4,9,11-12H,2-3,5-8,15H2,(H,17,19). The number of carbonyl (C=O) groups excluding carboxylic acids is 1. The summed E-state index contributed by atoms with van der Waals surface area (Å²) in [5.74, 6) is -0.0927. The summed E-state index contributed by atoms with van der Waals surface area (Å²) in [6.45, 7) is 2.20. The van der Waals surface area contributed by atoms with Crippen molar-refractivity contribution in [1.29, 1.82) is 0 Å². The Morgan fingerprint density at radius 3 is 2.58 bits per heavy atom. The van der Waals surface area contributed by atoms with E-state index in [1.165, 1.54) is 19.0 Å². The molecule has 0 unspecified atom stereocenters. The lowest BCUT2D eigenvalue weighted by Gasteiger charge is -2.32. The van der Waals surface area contributed by atoms with Gasteiger partial charge in [-0.25, -0.2) is 4.98 Å². The highest BCUT2D eigenvalue weighted by molar-refractivity contribution is 5.92. The number of amides is 1. The number of hydrogen-bond acceptors (Lipinski definition) is 4. The van der Waals surface area contributed by atoms with Crippen molar-refractivity contribution in [3.8, 4) is 0 Å². The summed E-state index contributed by atoms with van der Waals surface area (Å²) in [6, 6.07) is 4.49. The van der Waals surface area contributed by atoms with Gasteiger partial charge in [0.05, 0.1) is 11.9 Å². The second-order valence-electron chi connectivity index (χ2n) is 5.49. The lowest BCUT2D eigenvalue weighted by molar-refractivity contribution is 0.0904. The van der Waals surface area contributed by atoms with Crippen LogP contribution in [0.15, 0.2) is 18.3 Å². The van der Waals surface area contributed by atoms with Crippen molar-refractivity contribution >= 4 is 11.6 Å². The van der Waals surface area contributed by atoms with Gasteiger partial charge < -0.3 is 16.0 Å². The number of likely N-dealkylation sites (tertiary alicyclic amines) is 1. The fourth-order valence-electron chi connectivity index (χ4n) is 2.65. The lowest BCUT2D eigenvalue weighted by Crippen LogP contribution is -2.45. The zero-order valence-electron chi connectivity index (χ0n) is 11.0. The molecule has 2 aliphatic rings. The number of nitrogen functional groups attached to an aromatic ring is 1. The summed E-state index contributed by atoms with van der Waals surface area (Å²) in [7, 11) is 0. The third-order valence-electron chi connectivity index (χ3n) is 3.95. The number of anilines is 1. The SMILES string of the molecule is Nc1ccc(C(=O)NC2CCN(C3CC3)CC2)nc1. The highest BCUT2D eigenvalue weighted by atomic mass is 16.1. The molecule has 1 aromatic heterocycles. The maximum atomic E-state index is 12.0. The highest BCUT2D eigenvalue weighted by Crippen LogP contribution is 2.29. The molecule has 1 aliphatic heterocycles. The van der Waals surface area contributed by atoms with Gasteiger partial charge in [0, 0.05) is 25.2 Å². The van der Waals surface area contributed by atoms with Gasteiger partial charge in [-0.1, -0.05) is 0 Å². The van der Waals surface area contributed by atoms with Crippen LogP contribution in [0.5, 0.6) is 0 Å². The molecule has 0 atom stereocenters. The fourth-order valence-corrected chi connectivity index (χ4v) is 2.65. The first-order valence-corrected chi connectivity index (χ1v) is 6.99. The molecule has 2 fully saturated rings. The average molecular weight is 260 g/mol. The van der Waals surface area contributed by atoms with Crippen LogP contribution < -0.4 is 11.1 Å². The number of nitrogens with two attached hydrogens (primary N) is 1. The van der Waals surface area contributed by atoms with Crippen LogP contribution >= 0.6 is 0 Å².